The summed E-state index contributed by atoms with van der Waals surface area (Å²) in [4.78, 5) is 14.5. The van der Waals surface area contributed by atoms with Crippen LogP contribution in [0, 0.1) is 0 Å². The molecule has 1 rings (SSSR count). The number of carbonyl (C=O) groups excluding carboxylic acids is 1. The molecular weight excluding hydrogens is 170 g/mol. The van der Waals surface area contributed by atoms with Crippen molar-refractivity contribution in [2.75, 3.05) is 14.2 Å². The molecular formula is C9H11NO3. The van der Waals surface area contributed by atoms with Gasteiger partial charge in [0.2, 0.25) is 0 Å². The Balaban J connectivity index is 3.03. The summed E-state index contributed by atoms with van der Waals surface area (Å²) in [6.45, 7) is 0. The average Bonchev–Trinajstić information content (AvgIpc) is 2.20. The van der Waals surface area contributed by atoms with Crippen molar-refractivity contribution in [3.8, 4) is 0 Å². The van der Waals surface area contributed by atoms with Crippen LogP contribution in [0.25, 0.3) is 0 Å². The summed E-state index contributed by atoms with van der Waals surface area (Å²) < 4.78 is 10.0. The third-order valence-electron chi connectivity index (χ3n) is 1.66. The van der Waals surface area contributed by atoms with Gasteiger partial charge in [-0.3, -0.25) is 9.78 Å². The lowest BCUT2D eigenvalue weighted by Crippen LogP contribution is -2.07. The van der Waals surface area contributed by atoms with Crippen molar-refractivity contribution in [3.63, 3.8) is 0 Å². The average molecular weight is 181 g/mol. The fourth-order valence-corrected chi connectivity index (χ4v) is 1.08. The third-order valence-corrected chi connectivity index (χ3v) is 1.66. The SMILES string of the molecule is COC(OC)c1cccnc1C=O. The Morgan fingerprint density at radius 1 is 1.46 bits per heavy atom. The standard InChI is InChI=1S/C9H11NO3/c1-12-9(13-2)7-4-3-5-10-8(7)6-11/h3-6,9H,1-2H3. The summed E-state index contributed by atoms with van der Waals surface area (Å²) in [5.74, 6) is 0. The molecule has 0 amide bonds. The fraction of sp³-hybridized carbons (Fsp3) is 0.333. The monoisotopic (exact) mass is 181 g/mol. The summed E-state index contributed by atoms with van der Waals surface area (Å²) in [5.41, 5.74) is 0.985. The number of methoxy groups -OCH3 is 2. The molecule has 0 saturated heterocycles. The highest BCUT2D eigenvalue weighted by Gasteiger charge is 2.13. The molecule has 4 heteroatoms. The lowest BCUT2D eigenvalue weighted by molar-refractivity contribution is -0.106. The van der Waals surface area contributed by atoms with E-state index in [-0.39, 0.29) is 0 Å². The lowest BCUT2D eigenvalue weighted by atomic mass is 10.2. The van der Waals surface area contributed by atoms with Crippen molar-refractivity contribution in [1.29, 1.82) is 0 Å². The Kier molecular flexibility index (Phi) is 3.54. The molecule has 0 bridgehead atoms. The van der Waals surface area contributed by atoms with E-state index in [1.807, 2.05) is 0 Å². The highest BCUT2D eigenvalue weighted by Crippen LogP contribution is 2.18. The minimum absolute atomic E-state index is 0.344. The summed E-state index contributed by atoms with van der Waals surface area (Å²) in [6, 6.07) is 3.47. The van der Waals surface area contributed by atoms with Crippen molar-refractivity contribution >= 4 is 6.29 Å². The highest BCUT2D eigenvalue weighted by molar-refractivity contribution is 5.74. The number of rotatable bonds is 4. The van der Waals surface area contributed by atoms with Gasteiger partial charge in [0, 0.05) is 26.0 Å². The molecule has 0 saturated carbocycles. The molecule has 0 fully saturated rings. The predicted octanol–water partition coefficient (Wildman–Crippen LogP) is 1.19. The molecule has 0 aromatic carbocycles. The van der Waals surface area contributed by atoms with Crippen LogP contribution in [0.4, 0.5) is 0 Å². The summed E-state index contributed by atoms with van der Waals surface area (Å²) in [6.07, 6.45) is 1.70. The second-order valence-corrected chi connectivity index (χ2v) is 2.40. The van der Waals surface area contributed by atoms with E-state index in [4.69, 9.17) is 9.47 Å². The normalized spacial score (nSPS) is 10.4. The van der Waals surface area contributed by atoms with Crippen molar-refractivity contribution in [2.24, 2.45) is 0 Å². The number of pyridine rings is 1. The van der Waals surface area contributed by atoms with Crippen molar-refractivity contribution in [1.82, 2.24) is 4.98 Å². The van der Waals surface area contributed by atoms with E-state index in [0.29, 0.717) is 17.5 Å². The summed E-state index contributed by atoms with van der Waals surface area (Å²) >= 11 is 0. The Bertz CT molecular complexity index is 284. The number of aldehydes is 1. The van der Waals surface area contributed by atoms with Crippen LogP contribution in [0.15, 0.2) is 18.3 Å². The molecule has 0 N–H and O–H groups in total. The van der Waals surface area contributed by atoms with Crippen molar-refractivity contribution < 1.29 is 14.3 Å². The largest absolute Gasteiger partial charge is 0.352 e. The fourth-order valence-electron chi connectivity index (χ4n) is 1.08. The van der Waals surface area contributed by atoms with Crippen LogP contribution in [0.2, 0.25) is 0 Å². The molecule has 0 atom stereocenters. The minimum Gasteiger partial charge on any atom is -0.352 e. The van der Waals surface area contributed by atoms with Gasteiger partial charge in [-0.15, -0.1) is 0 Å². The molecule has 0 radical (unpaired) electrons. The van der Waals surface area contributed by atoms with E-state index in [2.05, 4.69) is 4.98 Å². The first-order valence-corrected chi connectivity index (χ1v) is 3.79. The zero-order valence-electron chi connectivity index (χ0n) is 7.56. The number of carbonyl (C=O) groups is 1. The van der Waals surface area contributed by atoms with Crippen molar-refractivity contribution in [2.45, 2.75) is 6.29 Å². The van der Waals surface area contributed by atoms with Gasteiger partial charge >= 0.3 is 0 Å². The molecule has 0 unspecified atom stereocenters. The van der Waals surface area contributed by atoms with Crippen LogP contribution in [0.3, 0.4) is 0 Å². The van der Waals surface area contributed by atoms with Crippen LogP contribution in [-0.4, -0.2) is 25.5 Å². The second kappa shape index (κ2) is 4.69. The van der Waals surface area contributed by atoms with E-state index in [0.717, 1.165) is 0 Å². The summed E-state index contributed by atoms with van der Waals surface area (Å²) in [5, 5.41) is 0. The van der Waals surface area contributed by atoms with E-state index in [1.165, 1.54) is 14.2 Å². The van der Waals surface area contributed by atoms with Crippen LogP contribution in [0.5, 0.6) is 0 Å². The molecule has 13 heavy (non-hydrogen) atoms. The Labute approximate surface area is 76.5 Å². The first-order chi connectivity index (χ1) is 6.33. The molecule has 1 aromatic heterocycles. The van der Waals surface area contributed by atoms with Crippen LogP contribution in [0.1, 0.15) is 22.3 Å². The summed E-state index contributed by atoms with van der Waals surface area (Å²) in [7, 11) is 3.02. The topological polar surface area (TPSA) is 48.4 Å². The number of hydrogen-bond donors (Lipinski definition) is 0. The number of hydrogen-bond acceptors (Lipinski definition) is 4. The van der Waals surface area contributed by atoms with Crippen molar-refractivity contribution in [3.05, 3.63) is 29.6 Å². The molecule has 0 spiro atoms. The Morgan fingerprint density at radius 2 is 2.15 bits per heavy atom. The third kappa shape index (κ3) is 2.11. The quantitative estimate of drug-likeness (QED) is 0.517. The van der Waals surface area contributed by atoms with E-state index >= 15 is 0 Å². The maximum absolute atomic E-state index is 10.6. The zero-order valence-corrected chi connectivity index (χ0v) is 7.56. The number of ether oxygens (including phenoxy) is 2. The second-order valence-electron chi connectivity index (χ2n) is 2.40. The van der Waals surface area contributed by atoms with E-state index < -0.39 is 6.29 Å². The lowest BCUT2D eigenvalue weighted by Gasteiger charge is -2.14. The maximum atomic E-state index is 10.6. The van der Waals surface area contributed by atoms with Gasteiger partial charge in [-0.25, -0.2) is 0 Å². The predicted molar refractivity (Wildman–Crippen MR) is 46.4 cm³/mol. The van der Waals surface area contributed by atoms with Gasteiger partial charge in [-0.05, 0) is 6.07 Å². The van der Waals surface area contributed by atoms with E-state index in [9.17, 15) is 4.79 Å². The van der Waals surface area contributed by atoms with Gasteiger partial charge < -0.3 is 9.47 Å². The van der Waals surface area contributed by atoms with E-state index in [1.54, 1.807) is 18.3 Å². The first-order valence-electron chi connectivity index (χ1n) is 3.79. The molecule has 4 nitrogen and oxygen atoms in total. The van der Waals surface area contributed by atoms with Gasteiger partial charge in [0.05, 0.1) is 0 Å². The number of aromatic nitrogens is 1. The van der Waals surface area contributed by atoms with Gasteiger partial charge in [-0.2, -0.15) is 0 Å². The number of nitrogens with zero attached hydrogens (tertiary/aromatic N) is 1. The van der Waals surface area contributed by atoms with Crippen LogP contribution in [-0.2, 0) is 9.47 Å². The van der Waals surface area contributed by atoms with Gasteiger partial charge in [-0.1, -0.05) is 6.07 Å². The highest BCUT2D eigenvalue weighted by atomic mass is 16.7. The molecule has 0 aliphatic heterocycles. The first kappa shape index (κ1) is 9.83. The van der Waals surface area contributed by atoms with Crippen LogP contribution < -0.4 is 0 Å². The van der Waals surface area contributed by atoms with Crippen LogP contribution >= 0.6 is 0 Å². The van der Waals surface area contributed by atoms with Gasteiger partial charge in [0.1, 0.15) is 5.69 Å². The van der Waals surface area contributed by atoms with Gasteiger partial charge in [0.25, 0.3) is 0 Å². The Morgan fingerprint density at radius 3 is 2.69 bits per heavy atom. The zero-order chi connectivity index (χ0) is 9.68. The smallest absolute Gasteiger partial charge is 0.185 e. The molecule has 70 valence electrons. The molecule has 1 aromatic rings. The Hall–Kier alpha value is -1.26. The minimum atomic E-state index is -0.533. The molecule has 1 heterocycles. The van der Waals surface area contributed by atoms with Gasteiger partial charge in [0.15, 0.2) is 12.6 Å². The maximum Gasteiger partial charge on any atom is 0.185 e. The molecule has 0 aliphatic rings. The molecule has 0 aliphatic carbocycles.